The lowest BCUT2D eigenvalue weighted by atomic mass is 10.1. The molecule has 0 spiro atoms. The van der Waals surface area contributed by atoms with Crippen LogP contribution in [0.1, 0.15) is 22.2 Å². The Morgan fingerprint density at radius 1 is 1.36 bits per heavy atom. The van der Waals surface area contributed by atoms with Gasteiger partial charge in [0, 0.05) is 18.0 Å². The SMILES string of the molecule is Cc1nnsc1C(O)c1cncnc1. The average molecular weight is 208 g/mol. The van der Waals surface area contributed by atoms with Crippen LogP contribution < -0.4 is 0 Å². The number of aliphatic hydroxyl groups is 1. The molecule has 2 heterocycles. The smallest absolute Gasteiger partial charge is 0.120 e. The number of nitrogens with zero attached hydrogens (tertiary/aromatic N) is 4. The summed E-state index contributed by atoms with van der Waals surface area (Å²) < 4.78 is 3.76. The standard InChI is InChI=1S/C8H8N4OS/c1-5-8(14-12-11-5)7(13)6-2-9-4-10-3-6/h2-4,7,13H,1H3. The van der Waals surface area contributed by atoms with E-state index in [4.69, 9.17) is 0 Å². The maximum atomic E-state index is 9.91. The lowest BCUT2D eigenvalue weighted by molar-refractivity contribution is 0.222. The van der Waals surface area contributed by atoms with Crippen LogP contribution in [0.25, 0.3) is 0 Å². The first-order valence-corrected chi connectivity index (χ1v) is 4.78. The van der Waals surface area contributed by atoms with Gasteiger partial charge in [0.1, 0.15) is 12.4 Å². The van der Waals surface area contributed by atoms with Gasteiger partial charge < -0.3 is 5.11 Å². The molecule has 5 nitrogen and oxygen atoms in total. The highest BCUT2D eigenvalue weighted by Crippen LogP contribution is 2.24. The third-order valence-corrected chi connectivity index (χ3v) is 2.71. The Morgan fingerprint density at radius 2 is 2.07 bits per heavy atom. The van der Waals surface area contributed by atoms with Crippen molar-refractivity contribution in [2.24, 2.45) is 0 Å². The molecule has 2 aromatic rings. The fourth-order valence-corrected chi connectivity index (χ4v) is 1.75. The summed E-state index contributed by atoms with van der Waals surface area (Å²) in [6.45, 7) is 1.81. The Balaban J connectivity index is 2.34. The van der Waals surface area contributed by atoms with Crippen molar-refractivity contribution in [3.8, 4) is 0 Å². The lowest BCUT2D eigenvalue weighted by Gasteiger charge is -2.06. The van der Waals surface area contributed by atoms with Gasteiger partial charge in [0.2, 0.25) is 0 Å². The van der Waals surface area contributed by atoms with E-state index in [2.05, 4.69) is 19.6 Å². The molecule has 0 saturated heterocycles. The van der Waals surface area contributed by atoms with Gasteiger partial charge in [-0.05, 0) is 18.5 Å². The fourth-order valence-electron chi connectivity index (χ4n) is 1.09. The summed E-state index contributed by atoms with van der Waals surface area (Å²) in [5, 5.41) is 13.7. The van der Waals surface area contributed by atoms with Gasteiger partial charge in [0.05, 0.1) is 10.6 Å². The van der Waals surface area contributed by atoms with E-state index in [-0.39, 0.29) is 0 Å². The molecule has 72 valence electrons. The lowest BCUT2D eigenvalue weighted by Crippen LogP contribution is -2.00. The predicted molar refractivity (Wildman–Crippen MR) is 50.7 cm³/mol. The summed E-state index contributed by atoms with van der Waals surface area (Å²) in [5.74, 6) is 0. The molecule has 0 saturated carbocycles. The minimum Gasteiger partial charge on any atom is -0.383 e. The Bertz CT molecular complexity index is 416. The fraction of sp³-hybridized carbons (Fsp3) is 0.250. The second-order valence-corrected chi connectivity index (χ2v) is 3.58. The van der Waals surface area contributed by atoms with Crippen LogP contribution in [0.3, 0.4) is 0 Å². The molecule has 6 heteroatoms. The van der Waals surface area contributed by atoms with Gasteiger partial charge in [-0.15, -0.1) is 5.10 Å². The third-order valence-electron chi connectivity index (χ3n) is 1.83. The number of hydrogen-bond acceptors (Lipinski definition) is 6. The van der Waals surface area contributed by atoms with Crippen LogP contribution in [-0.2, 0) is 0 Å². The van der Waals surface area contributed by atoms with Crippen LogP contribution in [0, 0.1) is 6.92 Å². The highest BCUT2D eigenvalue weighted by Gasteiger charge is 2.16. The molecule has 2 rings (SSSR count). The number of rotatable bonds is 2. The first-order valence-electron chi connectivity index (χ1n) is 4.01. The van der Waals surface area contributed by atoms with Crippen LogP contribution in [0.15, 0.2) is 18.7 Å². The van der Waals surface area contributed by atoms with Gasteiger partial charge >= 0.3 is 0 Å². The van der Waals surface area contributed by atoms with Crippen molar-refractivity contribution in [1.29, 1.82) is 0 Å². The van der Waals surface area contributed by atoms with Gasteiger partial charge in [-0.25, -0.2) is 9.97 Å². The monoisotopic (exact) mass is 208 g/mol. The number of hydrogen-bond donors (Lipinski definition) is 1. The van der Waals surface area contributed by atoms with E-state index >= 15 is 0 Å². The first-order chi connectivity index (χ1) is 6.79. The minimum atomic E-state index is -0.726. The normalized spacial score (nSPS) is 12.7. The minimum absolute atomic E-state index is 0.654. The topological polar surface area (TPSA) is 71.8 Å². The van der Waals surface area contributed by atoms with Gasteiger partial charge in [0.15, 0.2) is 0 Å². The van der Waals surface area contributed by atoms with Crippen LogP contribution in [0.4, 0.5) is 0 Å². The first kappa shape index (κ1) is 9.17. The molecule has 0 aliphatic heterocycles. The van der Waals surface area contributed by atoms with Crippen molar-refractivity contribution in [1.82, 2.24) is 19.6 Å². The molecular formula is C8H8N4OS. The van der Waals surface area contributed by atoms with E-state index in [1.54, 1.807) is 12.4 Å². The molecule has 0 amide bonds. The largest absolute Gasteiger partial charge is 0.383 e. The van der Waals surface area contributed by atoms with Crippen molar-refractivity contribution in [3.63, 3.8) is 0 Å². The summed E-state index contributed by atoms with van der Waals surface area (Å²) >= 11 is 1.19. The Morgan fingerprint density at radius 3 is 2.64 bits per heavy atom. The van der Waals surface area contributed by atoms with E-state index in [0.717, 1.165) is 10.6 Å². The molecule has 0 fully saturated rings. The van der Waals surface area contributed by atoms with Gasteiger partial charge in [0.25, 0.3) is 0 Å². The van der Waals surface area contributed by atoms with Crippen molar-refractivity contribution in [2.45, 2.75) is 13.0 Å². The average Bonchev–Trinajstić information content (AvgIpc) is 2.65. The molecule has 2 aromatic heterocycles. The molecule has 0 aliphatic rings. The second kappa shape index (κ2) is 3.77. The van der Waals surface area contributed by atoms with Gasteiger partial charge in [-0.2, -0.15) is 0 Å². The number of aromatic nitrogens is 4. The van der Waals surface area contributed by atoms with Crippen LogP contribution in [0.5, 0.6) is 0 Å². The number of aryl methyl sites for hydroxylation is 1. The van der Waals surface area contributed by atoms with E-state index in [1.807, 2.05) is 6.92 Å². The molecule has 1 unspecified atom stereocenters. The van der Waals surface area contributed by atoms with Crippen molar-refractivity contribution < 1.29 is 5.11 Å². The van der Waals surface area contributed by atoms with E-state index in [0.29, 0.717) is 5.56 Å². The maximum Gasteiger partial charge on any atom is 0.120 e. The van der Waals surface area contributed by atoms with Crippen molar-refractivity contribution in [2.75, 3.05) is 0 Å². The van der Waals surface area contributed by atoms with Crippen molar-refractivity contribution >= 4 is 11.5 Å². The zero-order valence-corrected chi connectivity index (χ0v) is 8.27. The quantitative estimate of drug-likeness (QED) is 0.787. The number of aliphatic hydroxyl groups excluding tert-OH is 1. The molecule has 0 aromatic carbocycles. The molecule has 0 bridgehead atoms. The highest BCUT2D eigenvalue weighted by atomic mass is 32.1. The second-order valence-electron chi connectivity index (χ2n) is 2.80. The van der Waals surface area contributed by atoms with Crippen LogP contribution in [-0.4, -0.2) is 24.7 Å². The Hall–Kier alpha value is -1.40. The van der Waals surface area contributed by atoms with Crippen LogP contribution in [0.2, 0.25) is 0 Å². The van der Waals surface area contributed by atoms with Crippen LogP contribution >= 0.6 is 11.5 Å². The molecule has 0 radical (unpaired) electrons. The molecule has 0 aliphatic carbocycles. The summed E-state index contributed by atoms with van der Waals surface area (Å²) in [4.78, 5) is 8.41. The molecule has 14 heavy (non-hydrogen) atoms. The van der Waals surface area contributed by atoms with E-state index in [1.165, 1.54) is 17.9 Å². The zero-order chi connectivity index (χ0) is 9.97. The molecular weight excluding hydrogens is 200 g/mol. The summed E-state index contributed by atoms with van der Waals surface area (Å²) in [6, 6.07) is 0. The van der Waals surface area contributed by atoms with E-state index in [9.17, 15) is 5.11 Å². The maximum absolute atomic E-state index is 9.91. The third kappa shape index (κ3) is 1.61. The summed E-state index contributed by atoms with van der Waals surface area (Å²) in [7, 11) is 0. The molecule has 1 N–H and O–H groups in total. The Labute approximate surface area is 84.6 Å². The summed E-state index contributed by atoms with van der Waals surface area (Å²) in [6.07, 6.45) is 3.86. The Kier molecular flexibility index (Phi) is 2.47. The summed E-state index contributed by atoms with van der Waals surface area (Å²) in [5.41, 5.74) is 1.40. The zero-order valence-electron chi connectivity index (χ0n) is 7.45. The predicted octanol–water partition coefficient (Wildman–Crippen LogP) is 0.718. The van der Waals surface area contributed by atoms with Gasteiger partial charge in [-0.3, -0.25) is 0 Å². The highest BCUT2D eigenvalue weighted by molar-refractivity contribution is 7.05. The van der Waals surface area contributed by atoms with E-state index < -0.39 is 6.10 Å². The van der Waals surface area contributed by atoms with Gasteiger partial charge in [-0.1, -0.05) is 4.49 Å². The molecule has 1 atom stereocenters. The van der Waals surface area contributed by atoms with Crippen molar-refractivity contribution in [3.05, 3.63) is 34.9 Å².